The molecule has 0 unspecified atom stereocenters. The molecule has 0 spiro atoms. The van der Waals surface area contributed by atoms with E-state index in [9.17, 15) is 19.2 Å². The van der Waals surface area contributed by atoms with Crippen LogP contribution in [0.15, 0.2) is 72.8 Å². The third kappa shape index (κ3) is 6.54. The van der Waals surface area contributed by atoms with Crippen molar-refractivity contribution in [1.29, 1.82) is 0 Å². The molecule has 3 rings (SSSR count). The summed E-state index contributed by atoms with van der Waals surface area (Å²) in [6.07, 6.45) is 0. The van der Waals surface area contributed by atoms with Crippen molar-refractivity contribution in [3.63, 3.8) is 0 Å². The molecule has 0 aromatic heterocycles. The molecule has 180 valence electrons. The lowest BCUT2D eigenvalue weighted by Crippen LogP contribution is -2.41. The van der Waals surface area contributed by atoms with Gasteiger partial charge in [-0.05, 0) is 71.6 Å². The lowest BCUT2D eigenvalue weighted by atomic mass is 9.87. The maximum atomic E-state index is 12.5. The van der Waals surface area contributed by atoms with Crippen LogP contribution in [0.1, 0.15) is 67.8 Å². The molecular formula is C27H27N3O5. The number of anilines is 1. The standard InChI is InChI=1S/C27H27N3O5/c1-27(2,3)21-13-9-17(10-14-21)23(31)28-22-15-11-19(12-16-22)25(33)30-29-24(32)18-5-7-20(8-6-18)26(34)35-4/h5-16H,1-4H3,(H,28,31)(H,29,32)(H,30,33). The van der Waals surface area contributed by atoms with Gasteiger partial charge >= 0.3 is 5.97 Å². The third-order valence-electron chi connectivity index (χ3n) is 5.28. The smallest absolute Gasteiger partial charge is 0.337 e. The molecule has 0 saturated heterocycles. The van der Waals surface area contributed by atoms with Crippen molar-refractivity contribution in [3.8, 4) is 0 Å². The van der Waals surface area contributed by atoms with E-state index in [2.05, 4.69) is 41.7 Å². The van der Waals surface area contributed by atoms with Crippen LogP contribution in [0.5, 0.6) is 0 Å². The fraction of sp³-hybridized carbons (Fsp3) is 0.185. The zero-order chi connectivity index (χ0) is 25.6. The van der Waals surface area contributed by atoms with Crippen LogP contribution in [0.2, 0.25) is 0 Å². The summed E-state index contributed by atoms with van der Waals surface area (Å²) in [5, 5.41) is 2.80. The Morgan fingerprint density at radius 3 is 1.46 bits per heavy atom. The Morgan fingerprint density at radius 2 is 1.00 bits per heavy atom. The number of esters is 1. The minimum absolute atomic E-state index is 0.00000875. The highest BCUT2D eigenvalue weighted by molar-refractivity contribution is 6.05. The van der Waals surface area contributed by atoms with Crippen LogP contribution in [0, 0.1) is 0 Å². The molecule has 0 heterocycles. The second-order valence-electron chi connectivity index (χ2n) is 8.84. The van der Waals surface area contributed by atoms with E-state index in [1.54, 1.807) is 24.3 Å². The Hall–Kier alpha value is -4.46. The van der Waals surface area contributed by atoms with Gasteiger partial charge in [0.2, 0.25) is 0 Å². The highest BCUT2D eigenvalue weighted by atomic mass is 16.5. The van der Waals surface area contributed by atoms with E-state index in [0.717, 1.165) is 5.56 Å². The van der Waals surface area contributed by atoms with E-state index in [0.29, 0.717) is 22.4 Å². The topological polar surface area (TPSA) is 114 Å². The first kappa shape index (κ1) is 25.2. The number of amides is 3. The molecular weight excluding hydrogens is 446 g/mol. The Balaban J connectivity index is 1.54. The fourth-order valence-electron chi connectivity index (χ4n) is 3.16. The Kier molecular flexibility index (Phi) is 7.66. The molecule has 3 aromatic rings. The van der Waals surface area contributed by atoms with Crippen LogP contribution in [-0.4, -0.2) is 30.8 Å². The van der Waals surface area contributed by atoms with Gasteiger partial charge in [0, 0.05) is 22.4 Å². The average Bonchev–Trinajstić information content (AvgIpc) is 2.86. The highest BCUT2D eigenvalue weighted by Gasteiger charge is 2.15. The van der Waals surface area contributed by atoms with Gasteiger partial charge in [-0.2, -0.15) is 0 Å². The van der Waals surface area contributed by atoms with E-state index >= 15 is 0 Å². The monoisotopic (exact) mass is 473 g/mol. The predicted octanol–water partition coefficient (Wildman–Crippen LogP) is 4.10. The molecule has 0 fully saturated rings. The van der Waals surface area contributed by atoms with Crippen LogP contribution in [0.4, 0.5) is 5.69 Å². The molecule has 3 N–H and O–H groups in total. The highest BCUT2D eigenvalue weighted by Crippen LogP contribution is 2.22. The second-order valence-corrected chi connectivity index (χ2v) is 8.84. The Bertz CT molecular complexity index is 1230. The number of hydrogen-bond donors (Lipinski definition) is 3. The molecule has 0 aliphatic heterocycles. The molecule has 3 aromatic carbocycles. The van der Waals surface area contributed by atoms with Crippen LogP contribution in [0.3, 0.4) is 0 Å². The number of rotatable bonds is 5. The van der Waals surface area contributed by atoms with Crippen LogP contribution in [-0.2, 0) is 10.2 Å². The number of hydrazine groups is 1. The summed E-state index contributed by atoms with van der Waals surface area (Å²) in [7, 11) is 1.27. The van der Waals surface area contributed by atoms with Gasteiger partial charge in [0.05, 0.1) is 12.7 Å². The van der Waals surface area contributed by atoms with Crippen LogP contribution >= 0.6 is 0 Å². The van der Waals surface area contributed by atoms with Crippen molar-refractivity contribution in [1.82, 2.24) is 10.9 Å². The van der Waals surface area contributed by atoms with Crippen LogP contribution in [0.25, 0.3) is 0 Å². The fourth-order valence-corrected chi connectivity index (χ4v) is 3.16. The van der Waals surface area contributed by atoms with Gasteiger partial charge < -0.3 is 10.1 Å². The summed E-state index contributed by atoms with van der Waals surface area (Å²) in [5.74, 6) is -1.84. The third-order valence-corrected chi connectivity index (χ3v) is 5.28. The quantitative estimate of drug-likeness (QED) is 0.381. The number of methoxy groups -OCH3 is 1. The molecule has 0 aliphatic carbocycles. The maximum absolute atomic E-state index is 12.5. The summed E-state index contributed by atoms with van der Waals surface area (Å²) < 4.78 is 4.61. The average molecular weight is 474 g/mol. The van der Waals surface area contributed by atoms with Crippen molar-refractivity contribution < 1.29 is 23.9 Å². The number of hydrogen-bond acceptors (Lipinski definition) is 5. The zero-order valence-electron chi connectivity index (χ0n) is 20.0. The van der Waals surface area contributed by atoms with Gasteiger partial charge in [-0.3, -0.25) is 25.2 Å². The summed E-state index contributed by atoms with van der Waals surface area (Å²) in [6.45, 7) is 6.32. The van der Waals surface area contributed by atoms with Gasteiger partial charge in [0.1, 0.15) is 0 Å². The predicted molar refractivity (Wildman–Crippen MR) is 132 cm³/mol. The maximum Gasteiger partial charge on any atom is 0.337 e. The van der Waals surface area contributed by atoms with Crippen molar-refractivity contribution in [2.45, 2.75) is 26.2 Å². The second kappa shape index (κ2) is 10.6. The van der Waals surface area contributed by atoms with Gasteiger partial charge in [-0.1, -0.05) is 32.9 Å². The molecule has 0 aliphatic rings. The summed E-state index contributed by atoms with van der Waals surface area (Å²) in [5.41, 5.74) is 7.70. The lowest BCUT2D eigenvalue weighted by Gasteiger charge is -2.19. The van der Waals surface area contributed by atoms with Crippen LogP contribution < -0.4 is 16.2 Å². The number of benzene rings is 3. The molecule has 3 amide bonds. The molecule has 0 atom stereocenters. The normalized spacial score (nSPS) is 10.7. The SMILES string of the molecule is COC(=O)c1ccc(C(=O)NNC(=O)c2ccc(NC(=O)c3ccc(C(C)(C)C)cc3)cc2)cc1. The van der Waals surface area contributed by atoms with Crippen molar-refractivity contribution in [2.75, 3.05) is 12.4 Å². The Morgan fingerprint density at radius 1 is 0.600 bits per heavy atom. The largest absolute Gasteiger partial charge is 0.465 e. The summed E-state index contributed by atoms with van der Waals surface area (Å²) in [6, 6.07) is 19.5. The number of ether oxygens (including phenoxy) is 1. The Labute approximate surface area is 203 Å². The summed E-state index contributed by atoms with van der Waals surface area (Å²) >= 11 is 0. The summed E-state index contributed by atoms with van der Waals surface area (Å²) in [4.78, 5) is 48.6. The lowest BCUT2D eigenvalue weighted by molar-refractivity contribution is 0.0600. The molecule has 8 nitrogen and oxygen atoms in total. The molecule has 35 heavy (non-hydrogen) atoms. The first-order valence-corrected chi connectivity index (χ1v) is 10.9. The van der Waals surface area contributed by atoms with E-state index in [4.69, 9.17) is 0 Å². The minimum atomic E-state index is -0.545. The molecule has 0 saturated carbocycles. The van der Waals surface area contributed by atoms with Gasteiger partial charge in [-0.15, -0.1) is 0 Å². The van der Waals surface area contributed by atoms with E-state index in [-0.39, 0.29) is 16.9 Å². The van der Waals surface area contributed by atoms with Gasteiger partial charge in [0.25, 0.3) is 17.7 Å². The van der Waals surface area contributed by atoms with E-state index < -0.39 is 17.8 Å². The number of carbonyl (C=O) groups is 4. The number of carbonyl (C=O) groups excluding carboxylic acids is 4. The van der Waals surface area contributed by atoms with Crippen molar-refractivity contribution in [3.05, 3.63) is 101 Å². The number of nitrogens with one attached hydrogen (secondary N) is 3. The first-order valence-electron chi connectivity index (χ1n) is 10.9. The van der Waals surface area contributed by atoms with E-state index in [1.807, 2.05) is 12.1 Å². The van der Waals surface area contributed by atoms with Crippen molar-refractivity contribution in [2.24, 2.45) is 0 Å². The zero-order valence-corrected chi connectivity index (χ0v) is 20.0. The van der Waals surface area contributed by atoms with Gasteiger partial charge in [-0.25, -0.2) is 4.79 Å². The van der Waals surface area contributed by atoms with Gasteiger partial charge in [0.15, 0.2) is 0 Å². The molecule has 0 radical (unpaired) electrons. The molecule has 8 heteroatoms. The minimum Gasteiger partial charge on any atom is -0.465 e. The van der Waals surface area contributed by atoms with Crippen molar-refractivity contribution >= 4 is 29.4 Å². The van der Waals surface area contributed by atoms with E-state index in [1.165, 1.54) is 43.5 Å². The first-order chi connectivity index (χ1) is 16.6. The molecule has 0 bridgehead atoms.